The van der Waals surface area contributed by atoms with Gasteiger partial charge in [0.15, 0.2) is 0 Å². The van der Waals surface area contributed by atoms with Crippen molar-refractivity contribution in [3.63, 3.8) is 0 Å². The number of hydrogen-bond acceptors (Lipinski definition) is 2. The van der Waals surface area contributed by atoms with Crippen molar-refractivity contribution in [2.75, 3.05) is 0 Å². The molecule has 0 heterocycles. The zero-order valence-corrected chi connectivity index (χ0v) is 22.0. The maximum absolute atomic E-state index is 11.6. The van der Waals surface area contributed by atoms with Gasteiger partial charge in [-0.05, 0) is 124 Å². The fraction of sp³-hybridized carbons (Fsp3) is 0.833. The van der Waals surface area contributed by atoms with Crippen LogP contribution in [0.5, 0.6) is 0 Å². The van der Waals surface area contributed by atoms with E-state index in [9.17, 15) is 15.0 Å². The molecule has 3 nitrogen and oxygen atoms in total. The third kappa shape index (κ3) is 3.58. The van der Waals surface area contributed by atoms with Crippen molar-refractivity contribution in [3.8, 4) is 0 Å². The second-order valence-electron chi connectivity index (χ2n) is 13.4. The van der Waals surface area contributed by atoms with E-state index in [-0.39, 0.29) is 11.5 Å². The summed E-state index contributed by atoms with van der Waals surface area (Å²) in [7, 11) is 0. The van der Waals surface area contributed by atoms with Gasteiger partial charge in [0.2, 0.25) is 0 Å². The minimum atomic E-state index is -0.648. The Morgan fingerprint density at radius 1 is 1.09 bits per heavy atom. The number of carboxylic acids is 1. The number of aliphatic hydroxyl groups is 1. The van der Waals surface area contributed by atoms with E-state index in [4.69, 9.17) is 0 Å². The van der Waals surface area contributed by atoms with E-state index in [0.29, 0.717) is 46.3 Å². The minimum Gasteiger partial charge on any atom is -0.481 e. The van der Waals surface area contributed by atoms with Crippen LogP contribution in [-0.2, 0) is 4.79 Å². The number of carboxylic acid groups (broad SMARTS) is 1. The second kappa shape index (κ2) is 8.25. The van der Waals surface area contributed by atoms with E-state index in [1.807, 2.05) is 6.08 Å². The topological polar surface area (TPSA) is 57.5 Å². The number of aliphatic carboxylic acids is 1. The monoisotopic (exact) mass is 456 g/mol. The lowest BCUT2D eigenvalue weighted by atomic mass is 9.43. The van der Waals surface area contributed by atoms with Crippen LogP contribution < -0.4 is 0 Å². The van der Waals surface area contributed by atoms with Crippen LogP contribution in [0.4, 0.5) is 0 Å². The highest BCUT2D eigenvalue weighted by Crippen LogP contribution is 2.87. The van der Waals surface area contributed by atoms with E-state index in [0.717, 1.165) is 12.8 Å². The predicted molar refractivity (Wildman–Crippen MR) is 135 cm³/mol. The molecule has 0 aromatic heterocycles. The highest BCUT2D eigenvalue weighted by Gasteiger charge is 2.80. The van der Waals surface area contributed by atoms with Crippen LogP contribution in [0, 0.1) is 45.3 Å². The summed E-state index contributed by atoms with van der Waals surface area (Å²) in [5, 5.41) is 20.1. The van der Waals surface area contributed by atoms with Crippen molar-refractivity contribution in [2.45, 2.75) is 112 Å². The first kappa shape index (κ1) is 25.0. The summed E-state index contributed by atoms with van der Waals surface area (Å²) in [6.45, 7) is 18.2. The summed E-state index contributed by atoms with van der Waals surface area (Å²) < 4.78 is 0. The number of allylic oxidation sites excluding steroid dienone is 2. The Labute approximate surface area is 202 Å². The normalized spacial score (nSPS) is 45.2. The molecule has 33 heavy (non-hydrogen) atoms. The van der Waals surface area contributed by atoms with Gasteiger partial charge >= 0.3 is 5.97 Å². The third-order valence-electron chi connectivity index (χ3n) is 11.7. The summed E-state index contributed by atoms with van der Waals surface area (Å²) in [6.07, 6.45) is 12.4. The van der Waals surface area contributed by atoms with Gasteiger partial charge in [0.1, 0.15) is 0 Å². The van der Waals surface area contributed by atoms with Crippen LogP contribution in [0.1, 0.15) is 106 Å². The van der Waals surface area contributed by atoms with Crippen molar-refractivity contribution in [1.29, 1.82) is 0 Å². The Balaban J connectivity index is 1.61. The SMILES string of the molecule is C=C(C)[C@@H]1CC[C@@H]2[C@]3(CC[C@]4(C)[C@@H]([C@H](C)C[C@@H](O)C=C(C)C)CC[C@@]24C)C[C@]13CCC(=O)O. The van der Waals surface area contributed by atoms with Crippen molar-refractivity contribution in [3.05, 3.63) is 23.8 Å². The number of carbonyl (C=O) groups is 1. The summed E-state index contributed by atoms with van der Waals surface area (Å²) in [5.74, 6) is 1.72. The molecule has 4 aliphatic carbocycles. The fourth-order valence-corrected chi connectivity index (χ4v) is 10.3. The van der Waals surface area contributed by atoms with Crippen molar-refractivity contribution in [2.24, 2.45) is 45.3 Å². The van der Waals surface area contributed by atoms with Crippen molar-refractivity contribution >= 4 is 5.97 Å². The average molecular weight is 457 g/mol. The highest BCUT2D eigenvalue weighted by molar-refractivity contribution is 5.67. The zero-order valence-electron chi connectivity index (χ0n) is 22.0. The molecule has 0 aliphatic heterocycles. The number of rotatable bonds is 8. The van der Waals surface area contributed by atoms with Crippen molar-refractivity contribution in [1.82, 2.24) is 0 Å². The summed E-state index contributed by atoms with van der Waals surface area (Å²) in [4.78, 5) is 11.6. The summed E-state index contributed by atoms with van der Waals surface area (Å²) in [6, 6.07) is 0. The van der Waals surface area contributed by atoms with Crippen LogP contribution >= 0.6 is 0 Å². The molecule has 0 aromatic carbocycles. The number of hydrogen-bond donors (Lipinski definition) is 2. The molecule has 0 saturated heterocycles. The first-order valence-electron chi connectivity index (χ1n) is 13.5. The van der Waals surface area contributed by atoms with E-state index >= 15 is 0 Å². The molecule has 4 saturated carbocycles. The Bertz CT molecular complexity index is 839. The summed E-state index contributed by atoms with van der Waals surface area (Å²) >= 11 is 0. The average Bonchev–Trinajstić information content (AvgIpc) is 3.29. The molecule has 4 rings (SSSR count). The smallest absolute Gasteiger partial charge is 0.303 e. The van der Waals surface area contributed by atoms with Gasteiger partial charge in [-0.25, -0.2) is 0 Å². The molecule has 3 heteroatoms. The van der Waals surface area contributed by atoms with Crippen LogP contribution in [-0.4, -0.2) is 22.3 Å². The van der Waals surface area contributed by atoms with E-state index in [1.54, 1.807) is 0 Å². The third-order valence-corrected chi connectivity index (χ3v) is 11.7. The van der Waals surface area contributed by atoms with E-state index in [1.165, 1.54) is 56.1 Å². The molecule has 0 aromatic rings. The van der Waals surface area contributed by atoms with Gasteiger partial charge in [0, 0.05) is 6.42 Å². The van der Waals surface area contributed by atoms with Crippen LogP contribution in [0.3, 0.4) is 0 Å². The molecule has 4 aliphatic rings. The van der Waals surface area contributed by atoms with Gasteiger partial charge in [-0.15, -0.1) is 0 Å². The molecule has 0 unspecified atom stereocenters. The van der Waals surface area contributed by atoms with Crippen LogP contribution in [0.15, 0.2) is 23.8 Å². The Morgan fingerprint density at radius 3 is 2.39 bits per heavy atom. The van der Waals surface area contributed by atoms with Gasteiger partial charge < -0.3 is 10.2 Å². The number of fused-ring (bicyclic) bond motifs is 2. The lowest BCUT2D eigenvalue weighted by Gasteiger charge is -2.61. The van der Waals surface area contributed by atoms with E-state index in [2.05, 4.69) is 48.1 Å². The molecule has 9 atom stereocenters. The molecule has 2 N–H and O–H groups in total. The maximum atomic E-state index is 11.6. The van der Waals surface area contributed by atoms with Gasteiger partial charge in [0.05, 0.1) is 6.10 Å². The Hall–Kier alpha value is -1.09. The Morgan fingerprint density at radius 2 is 1.79 bits per heavy atom. The molecule has 186 valence electrons. The van der Waals surface area contributed by atoms with Gasteiger partial charge in [-0.1, -0.05) is 44.6 Å². The minimum absolute atomic E-state index is 0.174. The zero-order chi connectivity index (χ0) is 24.4. The largest absolute Gasteiger partial charge is 0.481 e. The summed E-state index contributed by atoms with van der Waals surface area (Å²) in [5.41, 5.74) is 3.60. The first-order chi connectivity index (χ1) is 15.3. The van der Waals surface area contributed by atoms with Gasteiger partial charge in [-0.3, -0.25) is 4.79 Å². The van der Waals surface area contributed by atoms with E-state index < -0.39 is 5.97 Å². The first-order valence-corrected chi connectivity index (χ1v) is 13.5. The van der Waals surface area contributed by atoms with Crippen molar-refractivity contribution < 1.29 is 15.0 Å². The molecular weight excluding hydrogens is 408 g/mol. The number of aliphatic hydroxyl groups excluding tert-OH is 1. The molecule has 0 radical (unpaired) electrons. The van der Waals surface area contributed by atoms with Gasteiger partial charge in [-0.2, -0.15) is 0 Å². The highest BCUT2D eigenvalue weighted by atomic mass is 16.4. The maximum Gasteiger partial charge on any atom is 0.303 e. The molecular formula is C30H48O3. The molecule has 0 amide bonds. The second-order valence-corrected chi connectivity index (χ2v) is 13.4. The quantitative estimate of drug-likeness (QED) is 0.374. The molecule has 4 fully saturated rings. The molecule has 0 bridgehead atoms. The fourth-order valence-electron chi connectivity index (χ4n) is 10.3. The van der Waals surface area contributed by atoms with Crippen LogP contribution in [0.2, 0.25) is 0 Å². The predicted octanol–water partition coefficient (Wildman–Crippen LogP) is 7.40. The Kier molecular flexibility index (Phi) is 6.25. The van der Waals surface area contributed by atoms with Crippen LogP contribution in [0.25, 0.3) is 0 Å². The standard InChI is InChI=1S/C30H48O3/c1-19(2)16-22(31)17-21(5)24-10-12-28(7)25-9-8-23(20(3)4)29(13-11-26(32)33)18-30(25,29)15-14-27(24,28)6/h16,21-25,31H,3,8-15,17-18H2,1-2,4-7H3,(H,32,33)/t21-,22+,23+,24-,25+,27-,28+,29-,30+/m1/s1. The lowest BCUT2D eigenvalue weighted by molar-refractivity contribution is -0.139. The lowest BCUT2D eigenvalue weighted by Crippen LogP contribution is -2.54. The molecule has 1 spiro atoms. The van der Waals surface area contributed by atoms with Gasteiger partial charge in [0.25, 0.3) is 0 Å².